The maximum Gasteiger partial charge on any atom is 0.408 e. The molecule has 0 saturated carbocycles. The normalized spacial score (nSPS) is 28.5. The monoisotopic (exact) mass is 186 g/mol. The van der Waals surface area contributed by atoms with Crippen LogP contribution in [0.2, 0.25) is 0 Å². The van der Waals surface area contributed by atoms with Gasteiger partial charge in [0.25, 0.3) is 0 Å². The summed E-state index contributed by atoms with van der Waals surface area (Å²) in [6, 6.07) is -0.611. The zero-order valence-electron chi connectivity index (χ0n) is 7.78. The summed E-state index contributed by atoms with van der Waals surface area (Å²) in [5.41, 5.74) is 0. The fourth-order valence-corrected chi connectivity index (χ4v) is 1.57. The molecule has 1 heterocycles. The fourth-order valence-electron chi connectivity index (χ4n) is 1.57. The van der Waals surface area contributed by atoms with Crippen LogP contribution in [0.5, 0.6) is 0 Å². The molecular formula is C8H14N2O3. The Hall–Kier alpha value is -1.26. The Bertz CT molecular complexity index is 229. The molecule has 0 radical (unpaired) electrons. The van der Waals surface area contributed by atoms with Gasteiger partial charge in [0.2, 0.25) is 5.91 Å². The predicted molar refractivity (Wildman–Crippen MR) is 46.4 cm³/mol. The van der Waals surface area contributed by atoms with Gasteiger partial charge in [-0.2, -0.15) is 0 Å². The summed E-state index contributed by atoms with van der Waals surface area (Å²) >= 11 is 0. The van der Waals surface area contributed by atoms with E-state index in [2.05, 4.69) is 5.32 Å². The molecule has 0 spiro atoms. The van der Waals surface area contributed by atoms with Gasteiger partial charge in [-0.3, -0.25) is 9.69 Å². The Balaban J connectivity index is 2.77. The summed E-state index contributed by atoms with van der Waals surface area (Å²) in [4.78, 5) is 23.3. The van der Waals surface area contributed by atoms with Crippen LogP contribution >= 0.6 is 0 Å². The maximum atomic E-state index is 11.3. The van der Waals surface area contributed by atoms with Gasteiger partial charge in [-0.15, -0.1) is 0 Å². The lowest BCUT2D eigenvalue weighted by Gasteiger charge is -2.35. The summed E-state index contributed by atoms with van der Waals surface area (Å²) in [5, 5.41) is 11.5. The molecule has 0 aromatic carbocycles. The molecule has 1 aliphatic heterocycles. The highest BCUT2D eigenvalue weighted by atomic mass is 16.4. The van der Waals surface area contributed by atoms with Gasteiger partial charge in [-0.05, 0) is 13.3 Å². The van der Waals surface area contributed by atoms with Gasteiger partial charge in [0.05, 0.1) is 0 Å². The molecule has 5 heteroatoms. The molecule has 1 fully saturated rings. The number of rotatable bonds is 1. The molecule has 2 N–H and O–H groups in total. The molecule has 0 bridgehead atoms. The SMILES string of the molecule is CCC1C(=O)NC(C)CN1C(=O)O. The van der Waals surface area contributed by atoms with Gasteiger partial charge in [-0.1, -0.05) is 6.92 Å². The smallest absolute Gasteiger partial charge is 0.408 e. The van der Waals surface area contributed by atoms with Gasteiger partial charge < -0.3 is 10.4 Å². The van der Waals surface area contributed by atoms with Crippen LogP contribution in [0.4, 0.5) is 4.79 Å². The van der Waals surface area contributed by atoms with Crippen molar-refractivity contribution in [3.05, 3.63) is 0 Å². The van der Waals surface area contributed by atoms with E-state index in [0.29, 0.717) is 13.0 Å². The van der Waals surface area contributed by atoms with Gasteiger partial charge in [-0.25, -0.2) is 4.79 Å². The number of nitrogens with zero attached hydrogens (tertiary/aromatic N) is 1. The number of carbonyl (C=O) groups is 2. The molecule has 2 atom stereocenters. The highest BCUT2D eigenvalue weighted by Gasteiger charge is 2.34. The zero-order chi connectivity index (χ0) is 10.0. The molecule has 1 aliphatic rings. The van der Waals surface area contributed by atoms with Crippen molar-refractivity contribution in [2.75, 3.05) is 6.54 Å². The second kappa shape index (κ2) is 3.64. The lowest BCUT2D eigenvalue weighted by molar-refractivity contribution is -0.129. The van der Waals surface area contributed by atoms with E-state index in [9.17, 15) is 9.59 Å². The highest BCUT2D eigenvalue weighted by molar-refractivity contribution is 5.86. The first-order chi connectivity index (χ1) is 6.06. The van der Waals surface area contributed by atoms with Crippen LogP contribution in [-0.2, 0) is 4.79 Å². The number of hydrogen-bond acceptors (Lipinski definition) is 2. The molecule has 2 unspecified atom stereocenters. The quantitative estimate of drug-likeness (QED) is 0.617. The minimum absolute atomic E-state index is 0.0913. The summed E-state index contributed by atoms with van der Waals surface area (Å²) < 4.78 is 0. The number of carbonyl (C=O) groups excluding carboxylic acids is 1. The lowest BCUT2D eigenvalue weighted by atomic mass is 10.1. The maximum absolute atomic E-state index is 11.3. The summed E-state index contributed by atoms with van der Waals surface area (Å²) in [6.45, 7) is 3.97. The summed E-state index contributed by atoms with van der Waals surface area (Å²) in [6.07, 6.45) is -0.501. The molecule has 0 aliphatic carbocycles. The van der Waals surface area contributed by atoms with Crippen LogP contribution in [0.15, 0.2) is 0 Å². The first-order valence-electron chi connectivity index (χ1n) is 4.36. The minimum atomic E-state index is -1.02. The Morgan fingerprint density at radius 1 is 1.77 bits per heavy atom. The summed E-state index contributed by atoms with van der Waals surface area (Å²) in [7, 11) is 0. The third-order valence-corrected chi connectivity index (χ3v) is 2.17. The van der Waals surface area contributed by atoms with Crippen molar-refractivity contribution < 1.29 is 14.7 Å². The largest absolute Gasteiger partial charge is 0.465 e. The van der Waals surface area contributed by atoms with Crippen molar-refractivity contribution in [2.45, 2.75) is 32.4 Å². The number of hydrogen-bond donors (Lipinski definition) is 2. The van der Waals surface area contributed by atoms with E-state index in [1.165, 1.54) is 4.90 Å². The van der Waals surface area contributed by atoms with Crippen molar-refractivity contribution in [1.82, 2.24) is 10.2 Å². The van der Waals surface area contributed by atoms with Crippen molar-refractivity contribution in [3.63, 3.8) is 0 Å². The number of piperazine rings is 1. The third kappa shape index (κ3) is 1.91. The molecule has 2 amide bonds. The van der Waals surface area contributed by atoms with Gasteiger partial charge in [0, 0.05) is 12.6 Å². The molecule has 0 aromatic rings. The topological polar surface area (TPSA) is 69.6 Å². The van der Waals surface area contributed by atoms with Gasteiger partial charge in [0.15, 0.2) is 0 Å². The third-order valence-electron chi connectivity index (χ3n) is 2.17. The Labute approximate surface area is 76.7 Å². The van der Waals surface area contributed by atoms with Crippen LogP contribution in [0.1, 0.15) is 20.3 Å². The predicted octanol–water partition coefficient (Wildman–Crippen LogP) is 0.263. The summed E-state index contributed by atoms with van der Waals surface area (Å²) in [5.74, 6) is -0.191. The molecule has 1 saturated heterocycles. The van der Waals surface area contributed by atoms with E-state index in [1.807, 2.05) is 0 Å². The van der Waals surface area contributed by atoms with Crippen molar-refractivity contribution in [2.24, 2.45) is 0 Å². The lowest BCUT2D eigenvalue weighted by Crippen LogP contribution is -2.60. The second-order valence-corrected chi connectivity index (χ2v) is 3.27. The Morgan fingerprint density at radius 2 is 2.38 bits per heavy atom. The van der Waals surface area contributed by atoms with E-state index < -0.39 is 12.1 Å². The average molecular weight is 186 g/mol. The van der Waals surface area contributed by atoms with Gasteiger partial charge >= 0.3 is 6.09 Å². The van der Waals surface area contributed by atoms with Crippen molar-refractivity contribution >= 4 is 12.0 Å². The van der Waals surface area contributed by atoms with Crippen LogP contribution in [0.25, 0.3) is 0 Å². The minimum Gasteiger partial charge on any atom is -0.465 e. The fraction of sp³-hybridized carbons (Fsp3) is 0.750. The second-order valence-electron chi connectivity index (χ2n) is 3.27. The Morgan fingerprint density at radius 3 is 2.85 bits per heavy atom. The Kier molecular flexibility index (Phi) is 2.75. The van der Waals surface area contributed by atoms with E-state index in [4.69, 9.17) is 5.11 Å². The molecule has 13 heavy (non-hydrogen) atoms. The molecule has 5 nitrogen and oxygen atoms in total. The first kappa shape index (κ1) is 9.83. The zero-order valence-corrected chi connectivity index (χ0v) is 7.78. The van der Waals surface area contributed by atoms with E-state index in [1.54, 1.807) is 13.8 Å². The molecular weight excluding hydrogens is 172 g/mol. The average Bonchev–Trinajstić information content (AvgIpc) is 2.02. The number of amides is 2. The molecule has 74 valence electrons. The first-order valence-corrected chi connectivity index (χ1v) is 4.36. The highest BCUT2D eigenvalue weighted by Crippen LogP contribution is 2.11. The van der Waals surface area contributed by atoms with Crippen LogP contribution in [0.3, 0.4) is 0 Å². The standard InChI is InChI=1S/C8H14N2O3/c1-3-6-7(11)9-5(2)4-10(6)8(12)13/h5-6H,3-4H2,1-2H3,(H,9,11)(H,12,13). The van der Waals surface area contributed by atoms with E-state index in [-0.39, 0.29) is 11.9 Å². The van der Waals surface area contributed by atoms with Crippen LogP contribution in [-0.4, -0.2) is 40.6 Å². The van der Waals surface area contributed by atoms with Crippen LogP contribution < -0.4 is 5.32 Å². The van der Waals surface area contributed by atoms with E-state index >= 15 is 0 Å². The molecule has 1 rings (SSSR count). The number of nitrogens with one attached hydrogen (secondary N) is 1. The van der Waals surface area contributed by atoms with Crippen molar-refractivity contribution in [3.8, 4) is 0 Å². The number of carboxylic acid groups (broad SMARTS) is 1. The molecule has 0 aromatic heterocycles. The van der Waals surface area contributed by atoms with Crippen LogP contribution in [0, 0.1) is 0 Å². The van der Waals surface area contributed by atoms with E-state index in [0.717, 1.165) is 0 Å². The van der Waals surface area contributed by atoms with Crippen molar-refractivity contribution in [1.29, 1.82) is 0 Å². The van der Waals surface area contributed by atoms with Gasteiger partial charge in [0.1, 0.15) is 6.04 Å².